The topological polar surface area (TPSA) is 61.4 Å². The van der Waals surface area contributed by atoms with Crippen molar-refractivity contribution in [3.8, 4) is 0 Å². The summed E-state index contributed by atoms with van der Waals surface area (Å²) in [6.07, 6.45) is -5.03. The molecule has 0 aromatic heterocycles. The van der Waals surface area contributed by atoms with Crippen LogP contribution in [0.4, 0.5) is 13.2 Å². The highest BCUT2D eigenvalue weighted by atomic mass is 35.5. The molecular weight excluding hydrogens is 453 g/mol. The molecule has 2 atom stereocenters. The van der Waals surface area contributed by atoms with Crippen molar-refractivity contribution in [2.24, 2.45) is 0 Å². The van der Waals surface area contributed by atoms with E-state index in [4.69, 9.17) is 11.6 Å². The summed E-state index contributed by atoms with van der Waals surface area (Å²) >= 11 is 5.97. The molecule has 0 fully saturated rings. The minimum atomic E-state index is -4.42. The number of amides is 1. The van der Waals surface area contributed by atoms with E-state index in [1.165, 1.54) is 12.1 Å². The van der Waals surface area contributed by atoms with Crippen LogP contribution in [0, 0.1) is 0 Å². The first kappa shape index (κ1) is 24.8. The average molecular weight is 477 g/mol. The molecule has 3 rings (SSSR count). The molecule has 33 heavy (non-hydrogen) atoms. The Morgan fingerprint density at radius 3 is 2.33 bits per heavy atom. The molecule has 3 N–H and O–H groups in total. The third-order valence-electron chi connectivity index (χ3n) is 5.10. The maximum Gasteiger partial charge on any atom is 0.416 e. The molecular formula is C25H24ClF3N2O2. The number of carbonyl (C=O) groups excluding carboxylic acids is 1. The second-order valence-corrected chi connectivity index (χ2v) is 8.11. The summed E-state index contributed by atoms with van der Waals surface area (Å²) in [6, 6.07) is 20.2. The van der Waals surface area contributed by atoms with Gasteiger partial charge in [0, 0.05) is 23.7 Å². The van der Waals surface area contributed by atoms with E-state index in [2.05, 4.69) is 10.6 Å². The van der Waals surface area contributed by atoms with Crippen LogP contribution < -0.4 is 10.6 Å². The van der Waals surface area contributed by atoms with Gasteiger partial charge in [0.2, 0.25) is 0 Å². The minimum Gasteiger partial charge on any atom is -0.390 e. The van der Waals surface area contributed by atoms with E-state index in [0.717, 1.165) is 17.7 Å². The van der Waals surface area contributed by atoms with Gasteiger partial charge in [0.25, 0.3) is 5.91 Å². The number of alkyl halides is 3. The van der Waals surface area contributed by atoms with E-state index in [0.29, 0.717) is 22.6 Å². The van der Waals surface area contributed by atoms with Gasteiger partial charge in [0.15, 0.2) is 0 Å². The third-order valence-corrected chi connectivity index (χ3v) is 5.34. The van der Waals surface area contributed by atoms with Crippen LogP contribution in [0.15, 0.2) is 78.9 Å². The summed E-state index contributed by atoms with van der Waals surface area (Å²) in [5, 5.41) is 17.0. The summed E-state index contributed by atoms with van der Waals surface area (Å²) < 4.78 is 38.7. The predicted octanol–water partition coefficient (Wildman–Crippen LogP) is 4.85. The average Bonchev–Trinajstić information content (AvgIpc) is 2.79. The molecule has 0 aliphatic rings. The van der Waals surface area contributed by atoms with Crippen LogP contribution in [-0.2, 0) is 19.1 Å². The SMILES string of the molecule is O=C(N[C@@H](Cc1ccccc1)[C@H](O)CNCc1cccc(C(F)(F)F)c1)c1cccc(Cl)c1. The second-order valence-electron chi connectivity index (χ2n) is 7.68. The van der Waals surface area contributed by atoms with Gasteiger partial charge in [-0.1, -0.05) is 66.2 Å². The zero-order chi connectivity index (χ0) is 23.8. The third kappa shape index (κ3) is 7.60. The molecule has 4 nitrogen and oxygen atoms in total. The van der Waals surface area contributed by atoms with Gasteiger partial charge in [-0.05, 0) is 41.8 Å². The zero-order valence-electron chi connectivity index (χ0n) is 17.6. The number of halogens is 4. The fraction of sp³-hybridized carbons (Fsp3) is 0.240. The quantitative estimate of drug-likeness (QED) is 0.414. The maximum atomic E-state index is 12.9. The Morgan fingerprint density at radius 1 is 0.939 bits per heavy atom. The smallest absolute Gasteiger partial charge is 0.390 e. The van der Waals surface area contributed by atoms with E-state index >= 15 is 0 Å². The normalized spacial score (nSPS) is 13.4. The van der Waals surface area contributed by atoms with Crippen molar-refractivity contribution in [1.29, 1.82) is 0 Å². The Balaban J connectivity index is 1.66. The number of benzene rings is 3. The lowest BCUT2D eigenvalue weighted by molar-refractivity contribution is -0.137. The molecule has 0 aliphatic heterocycles. The van der Waals surface area contributed by atoms with Crippen LogP contribution in [-0.4, -0.2) is 29.7 Å². The van der Waals surface area contributed by atoms with Crippen LogP contribution in [0.2, 0.25) is 5.02 Å². The zero-order valence-corrected chi connectivity index (χ0v) is 18.4. The van der Waals surface area contributed by atoms with Crippen molar-refractivity contribution >= 4 is 17.5 Å². The van der Waals surface area contributed by atoms with Crippen LogP contribution in [0.25, 0.3) is 0 Å². The Labute approximate surface area is 195 Å². The molecule has 0 saturated heterocycles. The highest BCUT2D eigenvalue weighted by Gasteiger charge is 2.30. The Hall–Kier alpha value is -2.87. The van der Waals surface area contributed by atoms with Gasteiger partial charge < -0.3 is 15.7 Å². The number of carbonyl (C=O) groups is 1. The highest BCUT2D eigenvalue weighted by Crippen LogP contribution is 2.29. The molecule has 0 spiro atoms. The largest absolute Gasteiger partial charge is 0.416 e. The van der Waals surface area contributed by atoms with Crippen molar-refractivity contribution in [2.45, 2.75) is 31.3 Å². The van der Waals surface area contributed by atoms with Crippen molar-refractivity contribution < 1.29 is 23.1 Å². The highest BCUT2D eigenvalue weighted by molar-refractivity contribution is 6.30. The Bertz CT molecular complexity index is 1060. The second kappa shape index (κ2) is 11.3. The first-order valence-electron chi connectivity index (χ1n) is 10.4. The summed E-state index contributed by atoms with van der Waals surface area (Å²) in [6.45, 7) is 0.213. The van der Waals surface area contributed by atoms with Crippen LogP contribution in [0.3, 0.4) is 0 Å². The standard InChI is InChI=1S/C25H24ClF3N2O2/c26-21-11-5-9-19(14-21)24(33)31-22(13-17-6-2-1-3-7-17)23(32)16-30-15-18-8-4-10-20(12-18)25(27,28)29/h1-12,14,22-23,30,32H,13,15-16H2,(H,31,33)/t22-,23+/m0/s1. The lowest BCUT2D eigenvalue weighted by Crippen LogP contribution is -2.48. The minimum absolute atomic E-state index is 0.0730. The van der Waals surface area contributed by atoms with Crippen molar-refractivity contribution in [2.75, 3.05) is 6.54 Å². The van der Waals surface area contributed by atoms with Gasteiger partial charge in [-0.25, -0.2) is 0 Å². The van der Waals surface area contributed by atoms with Gasteiger partial charge >= 0.3 is 6.18 Å². The van der Waals surface area contributed by atoms with Crippen molar-refractivity contribution in [3.63, 3.8) is 0 Å². The molecule has 0 saturated carbocycles. The molecule has 0 aliphatic carbocycles. The molecule has 174 valence electrons. The predicted molar refractivity (Wildman–Crippen MR) is 122 cm³/mol. The first-order valence-corrected chi connectivity index (χ1v) is 10.8. The number of hydrogen-bond acceptors (Lipinski definition) is 3. The number of aliphatic hydroxyl groups is 1. The fourth-order valence-electron chi connectivity index (χ4n) is 3.40. The van der Waals surface area contributed by atoms with Gasteiger partial charge in [0.1, 0.15) is 0 Å². The van der Waals surface area contributed by atoms with Crippen LogP contribution >= 0.6 is 11.6 Å². The fourth-order valence-corrected chi connectivity index (χ4v) is 3.59. The molecule has 8 heteroatoms. The van der Waals surface area contributed by atoms with Gasteiger partial charge in [-0.3, -0.25) is 4.79 Å². The van der Waals surface area contributed by atoms with E-state index in [1.807, 2.05) is 30.3 Å². The molecule has 3 aromatic carbocycles. The summed E-state index contributed by atoms with van der Waals surface area (Å²) in [5.74, 6) is -0.379. The van der Waals surface area contributed by atoms with Crippen LogP contribution in [0.1, 0.15) is 27.0 Å². The van der Waals surface area contributed by atoms with E-state index in [1.54, 1.807) is 24.3 Å². The summed E-state index contributed by atoms with van der Waals surface area (Å²) in [7, 11) is 0. The lowest BCUT2D eigenvalue weighted by atomic mass is 10.0. The van der Waals surface area contributed by atoms with Gasteiger partial charge in [-0.2, -0.15) is 13.2 Å². The van der Waals surface area contributed by atoms with Gasteiger partial charge in [-0.15, -0.1) is 0 Å². The molecule has 1 amide bonds. The molecule has 3 aromatic rings. The number of aliphatic hydroxyl groups excluding tert-OH is 1. The maximum absolute atomic E-state index is 12.9. The Kier molecular flexibility index (Phi) is 8.49. The molecule has 0 radical (unpaired) electrons. The number of rotatable bonds is 9. The first-order chi connectivity index (χ1) is 15.7. The molecule has 0 unspecified atom stereocenters. The summed E-state index contributed by atoms with van der Waals surface area (Å²) in [5.41, 5.74) is 1.01. The van der Waals surface area contributed by atoms with E-state index < -0.39 is 23.9 Å². The molecule has 0 heterocycles. The summed E-state index contributed by atoms with van der Waals surface area (Å²) in [4.78, 5) is 12.7. The van der Waals surface area contributed by atoms with E-state index in [9.17, 15) is 23.1 Å². The number of hydrogen-bond donors (Lipinski definition) is 3. The van der Waals surface area contributed by atoms with Crippen molar-refractivity contribution in [3.05, 3.63) is 106 Å². The van der Waals surface area contributed by atoms with E-state index in [-0.39, 0.29) is 19.0 Å². The van der Waals surface area contributed by atoms with Gasteiger partial charge in [0.05, 0.1) is 17.7 Å². The molecule has 0 bridgehead atoms. The Morgan fingerprint density at radius 2 is 1.64 bits per heavy atom. The van der Waals surface area contributed by atoms with Crippen molar-refractivity contribution in [1.82, 2.24) is 10.6 Å². The monoisotopic (exact) mass is 476 g/mol. The van der Waals surface area contributed by atoms with Crippen LogP contribution in [0.5, 0.6) is 0 Å². The number of nitrogens with one attached hydrogen (secondary N) is 2. The lowest BCUT2D eigenvalue weighted by Gasteiger charge is -2.25.